The lowest BCUT2D eigenvalue weighted by molar-refractivity contribution is 0.251. The van der Waals surface area contributed by atoms with Crippen LogP contribution in [-0.2, 0) is 6.54 Å². The number of ether oxygens (including phenoxy) is 1. The average Bonchev–Trinajstić information content (AvgIpc) is 3.11. The zero-order valence-corrected chi connectivity index (χ0v) is 14.9. The lowest BCUT2D eigenvalue weighted by Crippen LogP contribution is -2.29. The van der Waals surface area contributed by atoms with Gasteiger partial charge in [-0.15, -0.1) is 5.10 Å². The molecule has 0 bridgehead atoms. The third-order valence-corrected chi connectivity index (χ3v) is 4.03. The van der Waals surface area contributed by atoms with Crippen LogP contribution in [0.4, 0.5) is 10.5 Å². The third-order valence-electron chi connectivity index (χ3n) is 4.03. The number of anilines is 1. The summed E-state index contributed by atoms with van der Waals surface area (Å²) in [6.45, 7) is 4.26. The molecule has 0 aliphatic heterocycles. The summed E-state index contributed by atoms with van der Waals surface area (Å²) in [5.74, 6) is 1.12. The topological polar surface area (TPSA) is 94.0 Å². The molecule has 8 heteroatoms. The molecule has 0 saturated carbocycles. The molecule has 26 heavy (non-hydrogen) atoms. The molecule has 0 unspecified atom stereocenters. The molecule has 3 rings (SSSR count). The first-order valence-corrected chi connectivity index (χ1v) is 8.11. The van der Waals surface area contributed by atoms with Crippen molar-refractivity contribution in [1.29, 1.82) is 0 Å². The number of urea groups is 1. The van der Waals surface area contributed by atoms with Crippen molar-refractivity contribution < 1.29 is 9.53 Å². The van der Waals surface area contributed by atoms with E-state index in [-0.39, 0.29) is 12.6 Å². The van der Waals surface area contributed by atoms with Gasteiger partial charge in [0.1, 0.15) is 5.75 Å². The SMILES string of the molecule is COc1ccccc1NC(=O)NCc1nnnn1-c1ccc(C)c(C)c1. The second kappa shape index (κ2) is 7.64. The fraction of sp³-hybridized carbons (Fsp3) is 0.222. The van der Waals surface area contributed by atoms with Crippen molar-refractivity contribution in [2.45, 2.75) is 20.4 Å². The van der Waals surface area contributed by atoms with Crippen molar-refractivity contribution >= 4 is 11.7 Å². The number of tetrazole rings is 1. The molecule has 1 heterocycles. The molecule has 0 saturated heterocycles. The summed E-state index contributed by atoms with van der Waals surface area (Å²) in [6.07, 6.45) is 0. The number of carbonyl (C=O) groups excluding carboxylic acids is 1. The maximum Gasteiger partial charge on any atom is 0.319 e. The van der Waals surface area contributed by atoms with Gasteiger partial charge in [-0.2, -0.15) is 4.68 Å². The highest BCUT2D eigenvalue weighted by atomic mass is 16.5. The molecule has 0 spiro atoms. The van der Waals surface area contributed by atoms with Crippen molar-refractivity contribution in [2.75, 3.05) is 12.4 Å². The van der Waals surface area contributed by atoms with Gasteiger partial charge in [-0.05, 0) is 59.7 Å². The predicted octanol–water partition coefficient (Wildman–Crippen LogP) is 2.61. The van der Waals surface area contributed by atoms with E-state index in [2.05, 4.69) is 26.2 Å². The van der Waals surface area contributed by atoms with Gasteiger partial charge >= 0.3 is 6.03 Å². The largest absolute Gasteiger partial charge is 0.495 e. The van der Waals surface area contributed by atoms with Crippen molar-refractivity contribution in [3.63, 3.8) is 0 Å². The molecule has 2 aromatic carbocycles. The highest BCUT2D eigenvalue weighted by molar-refractivity contribution is 5.90. The second-order valence-corrected chi connectivity index (χ2v) is 5.78. The molecule has 0 fully saturated rings. The summed E-state index contributed by atoms with van der Waals surface area (Å²) in [7, 11) is 1.55. The summed E-state index contributed by atoms with van der Waals surface area (Å²) < 4.78 is 6.82. The van der Waals surface area contributed by atoms with Gasteiger partial charge in [0.15, 0.2) is 5.82 Å². The van der Waals surface area contributed by atoms with Crippen LogP contribution in [0.2, 0.25) is 0 Å². The molecular weight excluding hydrogens is 332 g/mol. The molecule has 1 aromatic heterocycles. The lowest BCUT2D eigenvalue weighted by atomic mass is 10.1. The maximum absolute atomic E-state index is 12.2. The van der Waals surface area contributed by atoms with E-state index in [0.717, 1.165) is 11.3 Å². The van der Waals surface area contributed by atoms with E-state index in [1.54, 1.807) is 23.9 Å². The first-order valence-electron chi connectivity index (χ1n) is 8.11. The van der Waals surface area contributed by atoms with Crippen LogP contribution < -0.4 is 15.4 Å². The van der Waals surface area contributed by atoms with Crippen LogP contribution in [0.25, 0.3) is 5.69 Å². The van der Waals surface area contributed by atoms with Crippen LogP contribution in [-0.4, -0.2) is 33.3 Å². The van der Waals surface area contributed by atoms with Crippen molar-refractivity contribution in [2.24, 2.45) is 0 Å². The molecule has 3 aromatic rings. The van der Waals surface area contributed by atoms with E-state index < -0.39 is 0 Å². The summed E-state index contributed by atoms with van der Waals surface area (Å²) in [5, 5.41) is 17.2. The van der Waals surface area contributed by atoms with Crippen LogP contribution in [0.15, 0.2) is 42.5 Å². The van der Waals surface area contributed by atoms with Gasteiger partial charge in [0, 0.05) is 0 Å². The van der Waals surface area contributed by atoms with Crippen LogP contribution in [0.1, 0.15) is 17.0 Å². The molecule has 0 radical (unpaired) electrons. The van der Waals surface area contributed by atoms with Crippen molar-refractivity contribution in [3.05, 3.63) is 59.4 Å². The number of benzene rings is 2. The molecule has 2 amide bonds. The van der Waals surface area contributed by atoms with Gasteiger partial charge in [0.2, 0.25) is 0 Å². The van der Waals surface area contributed by atoms with Crippen LogP contribution >= 0.6 is 0 Å². The molecular formula is C18H20N6O2. The minimum absolute atomic E-state index is 0.181. The smallest absolute Gasteiger partial charge is 0.319 e. The van der Waals surface area contributed by atoms with Crippen molar-refractivity contribution in [1.82, 2.24) is 25.5 Å². The molecule has 0 aliphatic carbocycles. The highest BCUT2D eigenvalue weighted by Crippen LogP contribution is 2.22. The summed E-state index contributed by atoms with van der Waals surface area (Å²) in [6, 6.07) is 12.8. The number of hydrogen-bond donors (Lipinski definition) is 2. The van der Waals surface area contributed by atoms with Gasteiger partial charge in [-0.25, -0.2) is 4.79 Å². The normalized spacial score (nSPS) is 10.4. The Morgan fingerprint density at radius 1 is 1.15 bits per heavy atom. The van der Waals surface area contributed by atoms with E-state index in [1.165, 1.54) is 5.56 Å². The first kappa shape index (κ1) is 17.4. The fourth-order valence-corrected chi connectivity index (χ4v) is 2.45. The number of methoxy groups -OCH3 is 1. The number of hydrogen-bond acceptors (Lipinski definition) is 5. The van der Waals surface area contributed by atoms with Gasteiger partial charge in [-0.1, -0.05) is 18.2 Å². The van der Waals surface area contributed by atoms with E-state index in [9.17, 15) is 4.79 Å². The number of rotatable bonds is 5. The quantitative estimate of drug-likeness (QED) is 0.736. The Morgan fingerprint density at radius 3 is 2.73 bits per heavy atom. The predicted molar refractivity (Wildman–Crippen MR) is 97.5 cm³/mol. The molecule has 2 N–H and O–H groups in total. The molecule has 134 valence electrons. The Morgan fingerprint density at radius 2 is 1.96 bits per heavy atom. The summed E-state index contributed by atoms with van der Waals surface area (Å²) >= 11 is 0. The summed E-state index contributed by atoms with van der Waals surface area (Å²) in [5.41, 5.74) is 3.77. The maximum atomic E-state index is 12.2. The number of para-hydroxylation sites is 2. The minimum Gasteiger partial charge on any atom is -0.495 e. The Hall–Kier alpha value is -3.42. The van der Waals surface area contributed by atoms with Gasteiger partial charge in [0.05, 0.1) is 25.0 Å². The number of aryl methyl sites for hydroxylation is 2. The number of amides is 2. The zero-order chi connectivity index (χ0) is 18.5. The fourth-order valence-electron chi connectivity index (χ4n) is 2.45. The third kappa shape index (κ3) is 3.80. The van der Waals surface area contributed by atoms with Crippen LogP contribution in [0.3, 0.4) is 0 Å². The zero-order valence-electron chi connectivity index (χ0n) is 14.9. The van der Waals surface area contributed by atoms with E-state index in [4.69, 9.17) is 4.74 Å². The van der Waals surface area contributed by atoms with Gasteiger partial charge in [-0.3, -0.25) is 0 Å². The minimum atomic E-state index is -0.371. The Kier molecular flexibility index (Phi) is 5.12. The van der Waals surface area contributed by atoms with Gasteiger partial charge in [0.25, 0.3) is 0 Å². The van der Waals surface area contributed by atoms with E-state index >= 15 is 0 Å². The number of nitrogens with one attached hydrogen (secondary N) is 2. The number of aromatic nitrogens is 4. The Labute approximate surface area is 151 Å². The Balaban J connectivity index is 1.68. The molecule has 8 nitrogen and oxygen atoms in total. The Bertz CT molecular complexity index is 922. The molecule has 0 atom stereocenters. The molecule has 0 aliphatic rings. The lowest BCUT2D eigenvalue weighted by Gasteiger charge is -2.11. The van der Waals surface area contributed by atoms with Crippen molar-refractivity contribution in [3.8, 4) is 11.4 Å². The number of carbonyl (C=O) groups is 1. The van der Waals surface area contributed by atoms with Gasteiger partial charge < -0.3 is 15.4 Å². The first-order chi connectivity index (χ1) is 12.6. The monoisotopic (exact) mass is 352 g/mol. The second-order valence-electron chi connectivity index (χ2n) is 5.78. The summed E-state index contributed by atoms with van der Waals surface area (Å²) in [4.78, 5) is 12.2. The standard InChI is InChI=1S/C18H20N6O2/c1-12-8-9-14(10-13(12)2)24-17(21-22-23-24)11-19-18(25)20-15-6-4-5-7-16(15)26-3/h4-10H,11H2,1-3H3,(H2,19,20,25). The highest BCUT2D eigenvalue weighted by Gasteiger charge is 2.11. The van der Waals surface area contributed by atoms with Crippen LogP contribution in [0, 0.1) is 13.8 Å². The number of nitrogens with zero attached hydrogens (tertiary/aromatic N) is 4. The average molecular weight is 352 g/mol. The van der Waals surface area contributed by atoms with E-state index in [0.29, 0.717) is 17.3 Å². The van der Waals surface area contributed by atoms with E-state index in [1.807, 2.05) is 44.2 Å². The van der Waals surface area contributed by atoms with Crippen LogP contribution in [0.5, 0.6) is 5.75 Å².